The van der Waals surface area contributed by atoms with Gasteiger partial charge in [0.2, 0.25) is 0 Å². The molecule has 1 atom stereocenters. The topological polar surface area (TPSA) is 66.2 Å². The Hall–Kier alpha value is -1.50. The van der Waals surface area contributed by atoms with Crippen molar-refractivity contribution in [2.24, 2.45) is 5.41 Å². The number of carbonyl (C=O) groups excluding carboxylic acids is 1. The van der Waals surface area contributed by atoms with Gasteiger partial charge in [-0.15, -0.1) is 23.2 Å². The Bertz CT molecular complexity index is 692. The second kappa shape index (κ2) is 8.25. The van der Waals surface area contributed by atoms with Crippen molar-refractivity contribution in [3.05, 3.63) is 41.9 Å². The van der Waals surface area contributed by atoms with Gasteiger partial charge >= 0.3 is 11.9 Å². The van der Waals surface area contributed by atoms with E-state index in [9.17, 15) is 4.79 Å². The number of esters is 1. The van der Waals surface area contributed by atoms with Crippen LogP contribution in [-0.4, -0.2) is 32.5 Å². The van der Waals surface area contributed by atoms with Gasteiger partial charge in [-0.2, -0.15) is 9.78 Å². The molecule has 1 aromatic carbocycles. The van der Waals surface area contributed by atoms with Crippen LogP contribution in [0.1, 0.15) is 20.3 Å². The minimum atomic E-state index is -1.59. The second-order valence-corrected chi connectivity index (χ2v) is 7.16. The largest absolute Gasteiger partial charge is 0.434 e. The van der Waals surface area contributed by atoms with E-state index in [4.69, 9.17) is 44.3 Å². The lowest BCUT2D eigenvalue weighted by Crippen LogP contribution is -2.48. The molecule has 0 saturated carbocycles. The number of alkyl halides is 2. The fraction of sp³-hybridized carbons (Fsp3) is 0.438. The van der Waals surface area contributed by atoms with E-state index in [1.54, 1.807) is 24.3 Å². The lowest BCUT2D eigenvalue weighted by atomic mass is 9.89. The van der Waals surface area contributed by atoms with Crippen molar-refractivity contribution in [1.82, 2.24) is 14.8 Å². The molecule has 0 aliphatic heterocycles. The molecule has 2 rings (SSSR count). The molecule has 0 radical (unpaired) electrons. The molecule has 6 nitrogen and oxygen atoms in total. The standard InChI is InChI=1S/C16H18Cl3N3O3/c1-15(2,9-18)8-16(25-14(23)7-17,22-11-20-10-21-22)24-13-5-3-12(19)4-6-13/h3-6,10-11H,7-9H2,1-2H3. The number of ether oxygens (including phenoxy) is 2. The van der Waals surface area contributed by atoms with Gasteiger partial charge in [0.05, 0.1) is 6.42 Å². The number of benzene rings is 1. The molecule has 0 N–H and O–H groups in total. The first-order valence-corrected chi connectivity index (χ1v) is 8.88. The molecule has 1 heterocycles. The summed E-state index contributed by atoms with van der Waals surface area (Å²) in [4.78, 5) is 15.9. The molecule has 2 aromatic rings. The maximum atomic E-state index is 12.0. The third-order valence-electron chi connectivity index (χ3n) is 3.30. The molecular formula is C16H18Cl3N3O3. The summed E-state index contributed by atoms with van der Waals surface area (Å²) in [6.07, 6.45) is 2.95. The van der Waals surface area contributed by atoms with Crippen molar-refractivity contribution >= 4 is 40.8 Å². The molecule has 9 heteroatoms. The van der Waals surface area contributed by atoms with Crippen LogP contribution in [0, 0.1) is 5.41 Å². The van der Waals surface area contributed by atoms with Crippen LogP contribution < -0.4 is 4.74 Å². The van der Waals surface area contributed by atoms with Gasteiger partial charge in [-0.1, -0.05) is 25.4 Å². The number of hydrogen-bond acceptors (Lipinski definition) is 5. The zero-order valence-electron chi connectivity index (χ0n) is 13.8. The first kappa shape index (κ1) is 19.8. The molecular weight excluding hydrogens is 389 g/mol. The van der Waals surface area contributed by atoms with Gasteiger partial charge in [-0.25, -0.2) is 4.98 Å². The van der Waals surface area contributed by atoms with Crippen LogP contribution in [0.3, 0.4) is 0 Å². The number of halogens is 3. The monoisotopic (exact) mass is 405 g/mol. The maximum Gasteiger partial charge on any atom is 0.361 e. The van der Waals surface area contributed by atoms with Gasteiger partial charge in [0, 0.05) is 10.9 Å². The van der Waals surface area contributed by atoms with Crippen molar-refractivity contribution in [3.63, 3.8) is 0 Å². The number of hydrogen-bond donors (Lipinski definition) is 0. The predicted octanol–water partition coefficient (Wildman–Crippen LogP) is 4.06. The van der Waals surface area contributed by atoms with Crippen LogP contribution in [0.15, 0.2) is 36.9 Å². The summed E-state index contributed by atoms with van der Waals surface area (Å²) in [5.41, 5.74) is -0.438. The van der Waals surface area contributed by atoms with E-state index in [-0.39, 0.29) is 12.3 Å². The smallest absolute Gasteiger partial charge is 0.361 e. The fourth-order valence-electron chi connectivity index (χ4n) is 2.20. The van der Waals surface area contributed by atoms with E-state index >= 15 is 0 Å². The van der Waals surface area contributed by atoms with E-state index in [0.717, 1.165) is 0 Å². The first-order valence-electron chi connectivity index (χ1n) is 7.44. The van der Waals surface area contributed by atoms with E-state index < -0.39 is 17.3 Å². The summed E-state index contributed by atoms with van der Waals surface area (Å²) in [7, 11) is 0. The van der Waals surface area contributed by atoms with Gasteiger partial charge < -0.3 is 9.47 Å². The average Bonchev–Trinajstić information content (AvgIpc) is 3.11. The lowest BCUT2D eigenvalue weighted by Gasteiger charge is -2.37. The van der Waals surface area contributed by atoms with Crippen LogP contribution in [0.4, 0.5) is 0 Å². The average molecular weight is 407 g/mol. The molecule has 0 amide bonds. The van der Waals surface area contributed by atoms with E-state index in [2.05, 4.69) is 10.1 Å². The summed E-state index contributed by atoms with van der Waals surface area (Å²) in [6.45, 7) is 3.84. The Labute approximate surface area is 161 Å². The summed E-state index contributed by atoms with van der Waals surface area (Å²) >= 11 is 17.6. The molecule has 0 aliphatic rings. The number of carbonyl (C=O) groups is 1. The van der Waals surface area contributed by atoms with Crippen LogP contribution in [-0.2, 0) is 15.4 Å². The Kier molecular flexibility index (Phi) is 6.54. The van der Waals surface area contributed by atoms with Crippen molar-refractivity contribution in [2.45, 2.75) is 26.2 Å². The van der Waals surface area contributed by atoms with Crippen LogP contribution >= 0.6 is 34.8 Å². The Morgan fingerprint density at radius 3 is 2.44 bits per heavy atom. The lowest BCUT2D eigenvalue weighted by molar-refractivity contribution is -0.253. The second-order valence-electron chi connectivity index (χ2n) is 6.19. The normalized spacial score (nSPS) is 14.0. The van der Waals surface area contributed by atoms with Crippen molar-refractivity contribution < 1.29 is 14.3 Å². The summed E-state index contributed by atoms with van der Waals surface area (Å²) in [5, 5.41) is 4.65. The van der Waals surface area contributed by atoms with E-state index in [1.807, 2.05) is 13.8 Å². The highest BCUT2D eigenvalue weighted by Gasteiger charge is 2.45. The predicted molar refractivity (Wildman–Crippen MR) is 96.0 cm³/mol. The van der Waals surface area contributed by atoms with E-state index in [1.165, 1.54) is 17.3 Å². The maximum absolute atomic E-state index is 12.0. The molecule has 0 spiro atoms. The third-order valence-corrected chi connectivity index (χ3v) is 4.50. The summed E-state index contributed by atoms with van der Waals surface area (Å²) < 4.78 is 13.0. The summed E-state index contributed by atoms with van der Waals surface area (Å²) in [5.74, 6) is -1.83. The zero-order valence-corrected chi connectivity index (χ0v) is 16.1. The van der Waals surface area contributed by atoms with Crippen molar-refractivity contribution in [3.8, 4) is 5.75 Å². The molecule has 136 valence electrons. The molecule has 0 saturated heterocycles. The number of nitrogens with zero attached hydrogens (tertiary/aromatic N) is 3. The van der Waals surface area contributed by atoms with Gasteiger partial charge in [0.1, 0.15) is 24.3 Å². The minimum absolute atomic E-state index is 0.220. The number of rotatable bonds is 8. The Morgan fingerprint density at radius 2 is 1.92 bits per heavy atom. The molecule has 0 bridgehead atoms. The van der Waals surface area contributed by atoms with E-state index in [0.29, 0.717) is 16.7 Å². The van der Waals surface area contributed by atoms with Gasteiger partial charge in [-0.05, 0) is 29.7 Å². The molecule has 0 aliphatic carbocycles. The van der Waals surface area contributed by atoms with Crippen molar-refractivity contribution in [2.75, 3.05) is 11.8 Å². The van der Waals surface area contributed by atoms with Gasteiger partial charge in [-0.3, -0.25) is 4.79 Å². The quantitative estimate of drug-likeness (QED) is 0.376. The Morgan fingerprint density at radius 1 is 1.24 bits per heavy atom. The highest BCUT2D eigenvalue weighted by Crippen LogP contribution is 2.37. The molecule has 0 fully saturated rings. The summed E-state index contributed by atoms with van der Waals surface area (Å²) in [6, 6.07) is 6.66. The highest BCUT2D eigenvalue weighted by molar-refractivity contribution is 6.30. The van der Waals surface area contributed by atoms with Crippen molar-refractivity contribution in [1.29, 1.82) is 0 Å². The molecule has 1 aromatic heterocycles. The van der Waals surface area contributed by atoms with Gasteiger partial charge in [0.25, 0.3) is 0 Å². The third kappa shape index (κ3) is 5.23. The SMILES string of the molecule is CC(C)(CCl)CC(OC(=O)CCl)(Oc1ccc(Cl)cc1)n1cncn1. The zero-order chi connectivity index (χ0) is 18.5. The van der Waals surface area contributed by atoms with Gasteiger partial charge in [0.15, 0.2) is 0 Å². The molecule has 25 heavy (non-hydrogen) atoms. The van der Waals surface area contributed by atoms with Crippen LogP contribution in [0.25, 0.3) is 0 Å². The number of aromatic nitrogens is 3. The fourth-order valence-corrected chi connectivity index (χ4v) is 2.47. The van der Waals surface area contributed by atoms with Crippen LogP contribution in [0.5, 0.6) is 5.75 Å². The Balaban J connectivity index is 2.48. The molecule has 1 unspecified atom stereocenters. The van der Waals surface area contributed by atoms with Crippen LogP contribution in [0.2, 0.25) is 5.02 Å². The minimum Gasteiger partial charge on any atom is -0.434 e. The highest BCUT2D eigenvalue weighted by atomic mass is 35.5. The first-order chi connectivity index (χ1) is 11.8.